The number of rotatable bonds is 8. The largest absolute Gasteiger partial charge is 0.496 e. The van der Waals surface area contributed by atoms with Crippen molar-refractivity contribution in [1.82, 2.24) is 10.6 Å². The number of carbonyl (C=O) groups excluding carboxylic acids is 2. The van der Waals surface area contributed by atoms with Gasteiger partial charge in [-0.25, -0.2) is 9.38 Å². The Labute approximate surface area is 242 Å². The molecule has 1 heterocycles. The molecular weight excluding hydrogens is 539 g/mol. The van der Waals surface area contributed by atoms with Gasteiger partial charge >= 0.3 is 0 Å². The first-order valence-corrected chi connectivity index (χ1v) is 13.3. The van der Waals surface area contributed by atoms with Gasteiger partial charge in [0.2, 0.25) is 5.90 Å². The van der Waals surface area contributed by atoms with Gasteiger partial charge in [0.05, 0.1) is 29.5 Å². The van der Waals surface area contributed by atoms with E-state index in [-0.39, 0.29) is 17.7 Å². The number of ether oxygens (including phenoxy) is 1. The first-order chi connectivity index (χ1) is 20.1. The first kappa shape index (κ1) is 28.6. The Morgan fingerprint density at radius 3 is 2.38 bits per heavy atom. The molecule has 0 radical (unpaired) electrons. The van der Waals surface area contributed by atoms with E-state index in [9.17, 15) is 14.0 Å². The summed E-state index contributed by atoms with van der Waals surface area (Å²) in [5.74, 6) is 5.09. The number of halogens is 1. The first-order valence-electron chi connectivity index (χ1n) is 13.3. The molecule has 10 heteroatoms. The van der Waals surface area contributed by atoms with Crippen molar-refractivity contribution in [3.05, 3.63) is 89.4 Å². The third-order valence-corrected chi connectivity index (χ3v) is 7.47. The lowest BCUT2D eigenvalue weighted by Crippen LogP contribution is -2.38. The van der Waals surface area contributed by atoms with E-state index in [0.717, 1.165) is 16.7 Å². The highest BCUT2D eigenvalue weighted by Gasteiger charge is 2.47. The van der Waals surface area contributed by atoms with Gasteiger partial charge in [-0.15, -0.1) is 0 Å². The average molecular weight is 571 g/mol. The lowest BCUT2D eigenvalue weighted by atomic mass is 9.95. The van der Waals surface area contributed by atoms with Crippen LogP contribution in [-0.2, 0) is 4.84 Å². The van der Waals surface area contributed by atoms with Crippen LogP contribution in [0.15, 0.2) is 76.3 Å². The highest BCUT2D eigenvalue weighted by Crippen LogP contribution is 2.43. The van der Waals surface area contributed by atoms with E-state index in [1.807, 2.05) is 19.1 Å². The number of aryl methyl sites for hydroxylation is 1. The number of hydrogen-bond donors (Lipinski definition) is 3. The topological polar surface area (TPSA) is 128 Å². The Morgan fingerprint density at radius 1 is 1.07 bits per heavy atom. The number of methoxy groups -OCH3 is 1. The standard InChI is InChI=1S/C32H31FN4O5/c1-17-14-27(40-5)25(30(38)37-32(12-13-32)18(2)36-19(3)42-34)16-23(17)21-8-11-26-24(15-21)28(31(39)35-4)29(41-26)20-6-9-22(33)10-7-20/h6-11,14-16H,2,12-13,34H2,1,3-5H3,(H,35,39)(H,37,38)/b36-19-. The highest BCUT2D eigenvalue weighted by molar-refractivity contribution is 6.12. The molecule has 1 fully saturated rings. The average Bonchev–Trinajstić information content (AvgIpc) is 3.68. The van der Waals surface area contributed by atoms with Gasteiger partial charge in [-0.3, -0.25) is 9.59 Å². The summed E-state index contributed by atoms with van der Waals surface area (Å²) in [5.41, 5.74) is 3.88. The zero-order valence-corrected chi connectivity index (χ0v) is 23.8. The van der Waals surface area contributed by atoms with E-state index in [0.29, 0.717) is 57.7 Å². The van der Waals surface area contributed by atoms with E-state index >= 15 is 0 Å². The molecule has 0 saturated heterocycles. The van der Waals surface area contributed by atoms with Gasteiger partial charge in [0.25, 0.3) is 11.8 Å². The summed E-state index contributed by atoms with van der Waals surface area (Å²) in [5, 5.41) is 6.30. The molecule has 0 spiro atoms. The molecule has 2 amide bonds. The van der Waals surface area contributed by atoms with Gasteiger partial charge in [0.15, 0.2) is 0 Å². The number of fused-ring (bicyclic) bond motifs is 1. The van der Waals surface area contributed by atoms with Crippen molar-refractivity contribution in [3.63, 3.8) is 0 Å². The fourth-order valence-electron chi connectivity index (χ4n) is 4.98. The van der Waals surface area contributed by atoms with Gasteiger partial charge in [0.1, 0.15) is 22.9 Å². The molecule has 1 aliphatic carbocycles. The third-order valence-electron chi connectivity index (χ3n) is 7.47. The monoisotopic (exact) mass is 570 g/mol. The van der Waals surface area contributed by atoms with Crippen molar-refractivity contribution in [2.24, 2.45) is 10.9 Å². The molecule has 0 bridgehead atoms. The van der Waals surface area contributed by atoms with E-state index < -0.39 is 11.4 Å². The number of nitrogens with two attached hydrogens (primary N) is 1. The molecule has 1 saturated carbocycles. The molecule has 1 aliphatic rings. The summed E-state index contributed by atoms with van der Waals surface area (Å²) < 4.78 is 25.2. The van der Waals surface area contributed by atoms with Crippen LogP contribution in [0.5, 0.6) is 5.75 Å². The molecule has 0 aliphatic heterocycles. The number of nitrogens with zero attached hydrogens (tertiary/aromatic N) is 1. The predicted octanol–water partition coefficient (Wildman–Crippen LogP) is 5.67. The van der Waals surface area contributed by atoms with Crippen molar-refractivity contribution in [3.8, 4) is 28.2 Å². The summed E-state index contributed by atoms with van der Waals surface area (Å²) in [6.45, 7) is 7.52. The molecule has 4 aromatic rings. The maximum atomic E-state index is 13.6. The van der Waals surface area contributed by atoms with E-state index in [1.54, 1.807) is 37.3 Å². The van der Waals surface area contributed by atoms with Crippen molar-refractivity contribution in [2.45, 2.75) is 32.2 Å². The smallest absolute Gasteiger partial charge is 0.255 e. The minimum atomic E-state index is -0.693. The summed E-state index contributed by atoms with van der Waals surface area (Å²) in [7, 11) is 3.04. The molecule has 5 rings (SSSR count). The number of nitrogens with one attached hydrogen (secondary N) is 2. The quantitative estimate of drug-likeness (QED) is 0.142. The lowest BCUT2D eigenvalue weighted by Gasteiger charge is -2.20. The minimum absolute atomic E-state index is 0.240. The number of hydrogen-bond acceptors (Lipinski definition) is 7. The van der Waals surface area contributed by atoms with Crippen molar-refractivity contribution in [2.75, 3.05) is 14.2 Å². The van der Waals surface area contributed by atoms with Crippen LogP contribution >= 0.6 is 0 Å². The zero-order chi connectivity index (χ0) is 30.2. The second-order valence-corrected chi connectivity index (χ2v) is 10.2. The fourth-order valence-corrected chi connectivity index (χ4v) is 4.98. The number of aliphatic imine (C=N–C) groups is 1. The fraction of sp³-hybridized carbons (Fsp3) is 0.219. The Kier molecular flexibility index (Phi) is 7.57. The normalized spacial score (nSPS) is 13.9. The molecule has 9 nitrogen and oxygen atoms in total. The molecule has 3 aromatic carbocycles. The molecule has 216 valence electrons. The molecule has 0 unspecified atom stereocenters. The van der Waals surface area contributed by atoms with Crippen molar-refractivity contribution >= 4 is 28.7 Å². The van der Waals surface area contributed by atoms with E-state index in [4.69, 9.17) is 15.1 Å². The summed E-state index contributed by atoms with van der Waals surface area (Å²) in [4.78, 5) is 35.5. The van der Waals surface area contributed by atoms with Crippen molar-refractivity contribution in [1.29, 1.82) is 0 Å². The summed E-state index contributed by atoms with van der Waals surface area (Å²) in [6, 6.07) is 14.8. The maximum Gasteiger partial charge on any atom is 0.255 e. The molecule has 1 aromatic heterocycles. The number of benzene rings is 3. The van der Waals surface area contributed by atoms with Crippen LogP contribution in [0.2, 0.25) is 0 Å². The number of carbonyl (C=O) groups is 2. The van der Waals surface area contributed by atoms with Gasteiger partial charge in [-0.1, -0.05) is 12.6 Å². The Bertz CT molecular complexity index is 1750. The highest BCUT2D eigenvalue weighted by atomic mass is 19.1. The van der Waals surface area contributed by atoms with Gasteiger partial charge in [-0.05, 0) is 85.0 Å². The second-order valence-electron chi connectivity index (χ2n) is 10.2. The van der Waals surface area contributed by atoms with Crippen LogP contribution in [-0.4, -0.2) is 37.4 Å². The Hall–Kier alpha value is -4.96. The van der Waals surface area contributed by atoms with Crippen LogP contribution in [0.3, 0.4) is 0 Å². The Morgan fingerprint density at radius 2 is 1.76 bits per heavy atom. The Balaban J connectivity index is 1.57. The van der Waals surface area contributed by atoms with Crippen molar-refractivity contribution < 1.29 is 28.0 Å². The van der Waals surface area contributed by atoms with Gasteiger partial charge in [0, 0.05) is 24.9 Å². The third kappa shape index (κ3) is 5.24. The molecular formula is C32H31FN4O5. The number of furan rings is 1. The van der Waals surface area contributed by atoms with E-state index in [2.05, 4.69) is 27.0 Å². The zero-order valence-electron chi connectivity index (χ0n) is 23.8. The van der Waals surface area contributed by atoms with Gasteiger partial charge in [-0.2, -0.15) is 5.90 Å². The minimum Gasteiger partial charge on any atom is -0.496 e. The summed E-state index contributed by atoms with van der Waals surface area (Å²) >= 11 is 0. The maximum absolute atomic E-state index is 13.6. The second kappa shape index (κ2) is 11.1. The lowest BCUT2D eigenvalue weighted by molar-refractivity contribution is 0.0932. The van der Waals surface area contributed by atoms with E-state index in [1.165, 1.54) is 26.3 Å². The SMILES string of the molecule is C=C(/N=C(/C)ON)C1(NC(=O)c2cc(-c3ccc4oc(-c5ccc(F)cc5)c(C(=O)NC)c4c3)c(C)cc2OC)CC1. The summed E-state index contributed by atoms with van der Waals surface area (Å²) in [6.07, 6.45) is 1.35. The van der Waals surface area contributed by atoms with Gasteiger partial charge < -0.3 is 24.6 Å². The predicted molar refractivity (Wildman–Crippen MR) is 159 cm³/mol. The number of amides is 2. The van der Waals surface area contributed by atoms with Crippen LogP contribution in [0, 0.1) is 12.7 Å². The van der Waals surface area contributed by atoms with Crippen LogP contribution in [0.1, 0.15) is 46.0 Å². The van der Waals surface area contributed by atoms with Crippen LogP contribution < -0.4 is 21.3 Å². The molecule has 42 heavy (non-hydrogen) atoms. The van der Waals surface area contributed by atoms with Crippen LogP contribution in [0.4, 0.5) is 4.39 Å². The molecule has 4 N–H and O–H groups in total. The van der Waals surface area contributed by atoms with Crippen LogP contribution in [0.25, 0.3) is 33.4 Å². The molecule has 0 atom stereocenters.